The summed E-state index contributed by atoms with van der Waals surface area (Å²) in [6.07, 6.45) is 5.23. The summed E-state index contributed by atoms with van der Waals surface area (Å²) in [6.45, 7) is 6.84. The largest absolute Gasteiger partial charge is 0.478 e. The first kappa shape index (κ1) is 41.2. The maximum atomic E-state index is 12.8. The second kappa shape index (κ2) is 17.6. The lowest BCUT2D eigenvalue weighted by molar-refractivity contribution is -0.440. The molecule has 0 unspecified atom stereocenters. The molecule has 5 N–H and O–H groups in total. The number of carboxylic acids is 1. The molecule has 0 aliphatic carbocycles. The molecule has 0 bridgehead atoms. The number of allylic oxidation sites excluding steroid dienone is 4. The molecule has 18 heteroatoms. The van der Waals surface area contributed by atoms with E-state index in [1.165, 1.54) is 18.2 Å². The Labute approximate surface area is 286 Å². The molecular formula is C31H42N3O12S3+. The third-order valence-corrected chi connectivity index (χ3v) is 9.64. The number of nitrogens with zero attached hydrogens (tertiary/aromatic N) is 2. The van der Waals surface area contributed by atoms with Gasteiger partial charge in [0.25, 0.3) is 36.3 Å². The third-order valence-electron chi connectivity index (χ3n) is 7.32. The topological polar surface area (TPSA) is 236 Å². The van der Waals surface area contributed by atoms with E-state index in [4.69, 9.17) is 4.55 Å². The lowest BCUT2D eigenvalue weighted by Gasteiger charge is -2.27. The first-order chi connectivity index (χ1) is 22.6. The molecular weight excluding hydrogens is 703 g/mol. The molecule has 1 amide bonds. The van der Waals surface area contributed by atoms with E-state index in [1.807, 2.05) is 0 Å². The summed E-state index contributed by atoms with van der Waals surface area (Å²) in [4.78, 5) is 26.1. The molecule has 0 saturated carbocycles. The van der Waals surface area contributed by atoms with Crippen LogP contribution in [-0.4, -0.2) is 103 Å². The molecule has 0 spiro atoms. The van der Waals surface area contributed by atoms with Crippen LogP contribution in [0.3, 0.4) is 0 Å². The summed E-state index contributed by atoms with van der Waals surface area (Å²) in [5, 5.41) is 11.8. The van der Waals surface area contributed by atoms with Gasteiger partial charge >= 0.3 is 5.97 Å². The molecule has 2 aromatic rings. The minimum Gasteiger partial charge on any atom is -0.478 e. The minimum atomic E-state index is -4.29. The van der Waals surface area contributed by atoms with Gasteiger partial charge in [-0.2, -0.15) is 29.8 Å². The Morgan fingerprint density at radius 1 is 0.878 bits per heavy atom. The summed E-state index contributed by atoms with van der Waals surface area (Å²) >= 11 is 0. The average Bonchev–Trinajstić information content (AvgIpc) is 2.96. The van der Waals surface area contributed by atoms with Gasteiger partial charge in [0.1, 0.15) is 6.54 Å². The number of carbonyl (C=O) groups excluding carboxylic acids is 1. The van der Waals surface area contributed by atoms with Crippen LogP contribution in [-0.2, 0) is 30.4 Å². The van der Waals surface area contributed by atoms with Gasteiger partial charge in [-0.25, -0.2) is 4.79 Å². The normalized spacial score (nSPS) is 13.3. The predicted molar refractivity (Wildman–Crippen MR) is 186 cm³/mol. The molecule has 0 aliphatic heterocycles. The van der Waals surface area contributed by atoms with Gasteiger partial charge in [-0.05, 0) is 63.1 Å². The van der Waals surface area contributed by atoms with Crippen LogP contribution >= 0.6 is 0 Å². The molecule has 270 valence electrons. The van der Waals surface area contributed by atoms with Crippen LogP contribution in [0.4, 0.5) is 11.4 Å². The van der Waals surface area contributed by atoms with Gasteiger partial charge in [0, 0.05) is 61.1 Å². The van der Waals surface area contributed by atoms with Crippen molar-refractivity contribution in [1.29, 1.82) is 0 Å². The van der Waals surface area contributed by atoms with Crippen molar-refractivity contribution in [2.45, 2.75) is 40.5 Å². The first-order valence-corrected chi connectivity index (χ1v) is 19.7. The van der Waals surface area contributed by atoms with E-state index in [0.717, 1.165) is 0 Å². The van der Waals surface area contributed by atoms with Crippen molar-refractivity contribution in [3.63, 3.8) is 0 Å². The van der Waals surface area contributed by atoms with Crippen LogP contribution in [0.25, 0.3) is 0 Å². The van der Waals surface area contributed by atoms with E-state index in [2.05, 4.69) is 5.32 Å². The summed E-state index contributed by atoms with van der Waals surface area (Å²) in [7, 11) is -12.8. The maximum Gasteiger partial charge on any atom is 0.335 e. The van der Waals surface area contributed by atoms with Crippen molar-refractivity contribution in [3.8, 4) is 0 Å². The number of nitrogens with one attached hydrogen (secondary N) is 1. The fraction of sp³-hybridized carbons (Fsp3) is 0.387. The fourth-order valence-corrected chi connectivity index (χ4v) is 6.28. The van der Waals surface area contributed by atoms with E-state index < -0.39 is 59.5 Å². The van der Waals surface area contributed by atoms with Crippen LogP contribution in [0.2, 0.25) is 0 Å². The van der Waals surface area contributed by atoms with E-state index in [1.54, 1.807) is 73.6 Å². The van der Waals surface area contributed by atoms with E-state index >= 15 is 0 Å². The Morgan fingerprint density at radius 3 is 2.06 bits per heavy atom. The van der Waals surface area contributed by atoms with E-state index in [-0.39, 0.29) is 43.6 Å². The molecule has 0 aliphatic rings. The highest BCUT2D eigenvalue weighted by Gasteiger charge is 2.22. The number of hydrogen-bond acceptors (Lipinski definition) is 9. The predicted octanol–water partition coefficient (Wildman–Crippen LogP) is 3.25. The zero-order chi connectivity index (χ0) is 37.2. The number of aromatic carboxylic acids is 1. The quantitative estimate of drug-likeness (QED) is 0.0639. The number of benzene rings is 2. The van der Waals surface area contributed by atoms with Crippen molar-refractivity contribution in [3.05, 3.63) is 82.6 Å². The van der Waals surface area contributed by atoms with Gasteiger partial charge < -0.3 is 15.3 Å². The standard InChI is InChI=1S/C31H41N3O12S3/c1-22-21-26(31(36)37)13-14-28(22)33(16-7-18-47(38,39)40)23(2)9-5-10-24(3)34(17-8-19-48(41,42)43)29-12-6-11-27(25(29)4)30(35)32-15-20-49(44,45)46/h5-6,9-14,21H,7-8,15-20H2,1-4H3,(H4-,32,35,36,37,38,39,40,41,42,43,44,45,46)/p+1. The number of rotatable bonds is 18. The van der Waals surface area contributed by atoms with E-state index in [9.17, 15) is 49.1 Å². The molecule has 0 atom stereocenters. The van der Waals surface area contributed by atoms with Gasteiger partial charge in [-0.1, -0.05) is 12.1 Å². The number of aryl methyl sites for hydroxylation is 1. The summed E-state index contributed by atoms with van der Waals surface area (Å²) in [5.41, 5.74) is 3.80. The molecule has 0 aromatic heterocycles. The van der Waals surface area contributed by atoms with Crippen LogP contribution in [0, 0.1) is 13.8 Å². The summed E-state index contributed by atoms with van der Waals surface area (Å²) < 4.78 is 97.0. The van der Waals surface area contributed by atoms with Crippen LogP contribution < -0.4 is 10.2 Å². The lowest BCUT2D eigenvalue weighted by Crippen LogP contribution is -2.29. The Balaban J connectivity index is 2.53. The van der Waals surface area contributed by atoms with Gasteiger partial charge in [0.05, 0.1) is 22.8 Å². The van der Waals surface area contributed by atoms with Crippen molar-refractivity contribution >= 4 is 59.3 Å². The van der Waals surface area contributed by atoms with Crippen molar-refractivity contribution in [2.75, 3.05) is 41.8 Å². The van der Waals surface area contributed by atoms with E-state index in [0.29, 0.717) is 33.9 Å². The Morgan fingerprint density at radius 2 is 1.49 bits per heavy atom. The molecule has 0 radical (unpaired) electrons. The van der Waals surface area contributed by atoms with Gasteiger partial charge in [-0.15, -0.1) is 0 Å². The Kier molecular flexibility index (Phi) is 14.8. The highest BCUT2D eigenvalue weighted by atomic mass is 32.2. The molecule has 15 nitrogen and oxygen atoms in total. The minimum absolute atomic E-state index is 0.0241. The van der Waals surface area contributed by atoms with Crippen molar-refractivity contribution in [2.24, 2.45) is 0 Å². The number of hydrogen-bond donors (Lipinski definition) is 5. The second-order valence-electron chi connectivity index (χ2n) is 11.2. The molecule has 0 heterocycles. The zero-order valence-electron chi connectivity index (χ0n) is 27.5. The van der Waals surface area contributed by atoms with Gasteiger partial charge in [0.15, 0.2) is 5.71 Å². The highest BCUT2D eigenvalue weighted by Crippen LogP contribution is 2.26. The molecule has 49 heavy (non-hydrogen) atoms. The second-order valence-corrected chi connectivity index (χ2v) is 15.9. The number of carboxylic acid groups (broad SMARTS) is 1. The van der Waals surface area contributed by atoms with Crippen LogP contribution in [0.1, 0.15) is 58.5 Å². The highest BCUT2D eigenvalue weighted by molar-refractivity contribution is 7.86. The molecule has 0 fully saturated rings. The SMILES string of the molecule is C\C(=C/C=C/C(C)=[N+](\CCCS(=O)(=O)O)c1cccc(C(=O)NCCS(=O)(=O)O)c1C)N(CCCS(=O)(=O)O)c1ccc(C(=O)O)cc1C. The van der Waals surface area contributed by atoms with Crippen LogP contribution in [0.15, 0.2) is 60.3 Å². The number of carbonyl (C=O) groups is 2. The third kappa shape index (κ3) is 14.2. The number of amides is 1. The monoisotopic (exact) mass is 744 g/mol. The average molecular weight is 745 g/mol. The van der Waals surface area contributed by atoms with Crippen LogP contribution in [0.5, 0.6) is 0 Å². The molecule has 0 saturated heterocycles. The van der Waals surface area contributed by atoms with Crippen molar-refractivity contribution in [1.82, 2.24) is 5.32 Å². The Hall–Kier alpha value is -3.94. The van der Waals surface area contributed by atoms with Gasteiger partial charge in [-0.3, -0.25) is 18.5 Å². The fourth-order valence-electron chi connectivity index (χ4n) is 4.93. The number of anilines is 1. The Bertz CT molecular complexity index is 1970. The summed E-state index contributed by atoms with van der Waals surface area (Å²) in [6, 6.07) is 9.35. The van der Waals surface area contributed by atoms with Crippen molar-refractivity contribution < 1.29 is 58.2 Å². The zero-order valence-corrected chi connectivity index (χ0v) is 30.0. The summed E-state index contributed by atoms with van der Waals surface area (Å²) in [5.74, 6) is -3.37. The first-order valence-electron chi connectivity index (χ1n) is 14.9. The van der Waals surface area contributed by atoms with Gasteiger partial charge in [0.2, 0.25) is 5.69 Å². The smallest absolute Gasteiger partial charge is 0.335 e. The lowest BCUT2D eigenvalue weighted by atomic mass is 10.0. The maximum absolute atomic E-state index is 12.8. The molecule has 2 rings (SSSR count). The molecule has 2 aromatic carbocycles.